The standard InChI is InChI=1S/C23H18FN5O3/c1-14-17(12-32-26-14)21(30)28-9-10-29-22(31)20-11-18-19(3-2-8-25-18)27(20)13-23(28,29)15-4-6-16(24)7-5-15/h2-8,11-12H,9-10,13H2,1H3. The fraction of sp³-hybridized carbons (Fsp3) is 0.217. The molecule has 32 heavy (non-hydrogen) atoms. The topological polar surface area (TPSA) is 84.5 Å². The van der Waals surface area contributed by atoms with E-state index in [4.69, 9.17) is 4.52 Å². The Morgan fingerprint density at radius 2 is 2.00 bits per heavy atom. The molecule has 5 heterocycles. The van der Waals surface area contributed by atoms with Crippen LogP contribution in [0.1, 0.15) is 32.1 Å². The molecule has 0 saturated carbocycles. The quantitative estimate of drug-likeness (QED) is 0.487. The summed E-state index contributed by atoms with van der Waals surface area (Å²) in [5.41, 5.74) is 2.37. The van der Waals surface area contributed by atoms with Crippen LogP contribution in [0, 0.1) is 12.7 Å². The zero-order valence-electron chi connectivity index (χ0n) is 17.2. The van der Waals surface area contributed by atoms with Gasteiger partial charge in [0.1, 0.15) is 23.3 Å². The van der Waals surface area contributed by atoms with E-state index in [-0.39, 0.29) is 17.6 Å². The molecule has 3 aromatic heterocycles. The van der Waals surface area contributed by atoms with Crippen LogP contribution in [0.3, 0.4) is 0 Å². The number of pyridine rings is 1. The van der Waals surface area contributed by atoms with Crippen molar-refractivity contribution in [1.82, 2.24) is 24.5 Å². The Labute approximate surface area is 181 Å². The highest BCUT2D eigenvalue weighted by atomic mass is 19.1. The van der Waals surface area contributed by atoms with Gasteiger partial charge in [-0.05, 0) is 37.3 Å². The predicted molar refractivity (Wildman–Crippen MR) is 111 cm³/mol. The molecule has 2 amide bonds. The lowest BCUT2D eigenvalue weighted by Crippen LogP contribution is -2.60. The summed E-state index contributed by atoms with van der Waals surface area (Å²) in [4.78, 5) is 35.1. The van der Waals surface area contributed by atoms with E-state index in [1.54, 1.807) is 41.1 Å². The Kier molecular flexibility index (Phi) is 3.80. The first-order valence-electron chi connectivity index (χ1n) is 10.3. The second kappa shape index (κ2) is 6.49. The van der Waals surface area contributed by atoms with Gasteiger partial charge >= 0.3 is 0 Å². The largest absolute Gasteiger partial charge is 0.364 e. The van der Waals surface area contributed by atoms with Crippen molar-refractivity contribution in [3.8, 4) is 0 Å². The van der Waals surface area contributed by atoms with E-state index < -0.39 is 5.66 Å². The van der Waals surface area contributed by atoms with E-state index in [1.165, 1.54) is 18.4 Å². The number of carbonyl (C=O) groups is 2. The minimum atomic E-state index is -1.12. The van der Waals surface area contributed by atoms with Crippen LogP contribution >= 0.6 is 0 Å². The first kappa shape index (κ1) is 18.7. The van der Waals surface area contributed by atoms with E-state index in [2.05, 4.69) is 10.1 Å². The van der Waals surface area contributed by atoms with Crippen molar-refractivity contribution in [3.05, 3.63) is 83.3 Å². The summed E-state index contributed by atoms with van der Waals surface area (Å²) in [7, 11) is 0. The molecule has 160 valence electrons. The number of hydrogen-bond donors (Lipinski definition) is 0. The van der Waals surface area contributed by atoms with Gasteiger partial charge in [-0.2, -0.15) is 0 Å². The van der Waals surface area contributed by atoms with Gasteiger partial charge in [-0.15, -0.1) is 0 Å². The molecule has 8 nitrogen and oxygen atoms in total. The number of benzene rings is 1. The van der Waals surface area contributed by atoms with Gasteiger partial charge in [0.2, 0.25) is 0 Å². The van der Waals surface area contributed by atoms with Crippen molar-refractivity contribution in [2.45, 2.75) is 19.1 Å². The molecule has 1 unspecified atom stereocenters. The number of fused-ring (bicyclic) bond motifs is 4. The van der Waals surface area contributed by atoms with Crippen molar-refractivity contribution >= 4 is 22.8 Å². The molecule has 1 fully saturated rings. The third-order valence-corrected chi connectivity index (χ3v) is 6.49. The zero-order valence-corrected chi connectivity index (χ0v) is 17.2. The van der Waals surface area contributed by atoms with E-state index >= 15 is 0 Å². The lowest BCUT2D eigenvalue weighted by atomic mass is 9.93. The fourth-order valence-electron chi connectivity index (χ4n) is 4.98. The van der Waals surface area contributed by atoms with Gasteiger partial charge in [0, 0.05) is 24.8 Å². The summed E-state index contributed by atoms with van der Waals surface area (Å²) >= 11 is 0. The second-order valence-corrected chi connectivity index (χ2v) is 8.07. The molecule has 0 radical (unpaired) electrons. The molecular formula is C23H18FN5O3. The Hall–Kier alpha value is -4.01. The van der Waals surface area contributed by atoms with E-state index in [9.17, 15) is 14.0 Å². The predicted octanol–water partition coefficient (Wildman–Crippen LogP) is 2.94. The number of aromatic nitrogens is 3. The van der Waals surface area contributed by atoms with Crippen LogP contribution in [-0.4, -0.2) is 49.4 Å². The molecule has 0 N–H and O–H groups in total. The van der Waals surface area contributed by atoms with Crippen LogP contribution in [0.5, 0.6) is 0 Å². The number of aryl methyl sites for hydroxylation is 1. The number of amides is 2. The van der Waals surface area contributed by atoms with E-state index in [1.807, 2.05) is 16.7 Å². The number of hydrogen-bond acceptors (Lipinski definition) is 5. The summed E-state index contributed by atoms with van der Waals surface area (Å²) in [5, 5.41) is 3.84. The van der Waals surface area contributed by atoms with Gasteiger partial charge in [-0.3, -0.25) is 14.6 Å². The van der Waals surface area contributed by atoms with Crippen LogP contribution in [0.4, 0.5) is 4.39 Å². The molecule has 1 atom stereocenters. The van der Waals surface area contributed by atoms with Gasteiger partial charge < -0.3 is 18.9 Å². The van der Waals surface area contributed by atoms with Crippen LogP contribution in [-0.2, 0) is 12.2 Å². The summed E-state index contributed by atoms with van der Waals surface area (Å²) in [5.74, 6) is -0.877. The van der Waals surface area contributed by atoms with Gasteiger partial charge in [-0.25, -0.2) is 4.39 Å². The van der Waals surface area contributed by atoms with Gasteiger partial charge in [0.05, 0.1) is 23.3 Å². The van der Waals surface area contributed by atoms with E-state index in [0.29, 0.717) is 47.7 Å². The minimum Gasteiger partial charge on any atom is -0.364 e. The lowest BCUT2D eigenvalue weighted by molar-refractivity contribution is -0.00521. The first-order chi connectivity index (χ1) is 15.5. The molecule has 0 bridgehead atoms. The minimum absolute atomic E-state index is 0.198. The summed E-state index contributed by atoms with van der Waals surface area (Å²) in [6.07, 6.45) is 3.00. The number of carbonyl (C=O) groups excluding carboxylic acids is 2. The van der Waals surface area contributed by atoms with Gasteiger partial charge in [0.25, 0.3) is 11.8 Å². The molecule has 4 aromatic rings. The number of rotatable bonds is 2. The number of halogens is 1. The summed E-state index contributed by atoms with van der Waals surface area (Å²) < 4.78 is 20.7. The third-order valence-electron chi connectivity index (χ3n) is 6.49. The average molecular weight is 431 g/mol. The molecule has 2 aliphatic heterocycles. The average Bonchev–Trinajstić information content (AvgIpc) is 3.50. The molecule has 9 heteroatoms. The first-order valence-corrected chi connectivity index (χ1v) is 10.3. The molecule has 1 aromatic carbocycles. The van der Waals surface area contributed by atoms with Gasteiger partial charge in [-0.1, -0.05) is 17.3 Å². The normalized spacial score (nSPS) is 20.0. The highest BCUT2D eigenvalue weighted by Gasteiger charge is 2.56. The smallest absolute Gasteiger partial charge is 0.272 e. The highest BCUT2D eigenvalue weighted by molar-refractivity contribution is 6.01. The van der Waals surface area contributed by atoms with Crippen LogP contribution in [0.2, 0.25) is 0 Å². The Bertz CT molecular complexity index is 1390. The molecule has 6 rings (SSSR count). The molecule has 0 spiro atoms. The SMILES string of the molecule is Cc1nocc1C(=O)N1CCN2C(=O)c3cc4ncccc4n3CC12c1ccc(F)cc1. The maximum absolute atomic E-state index is 13.8. The van der Waals surface area contributed by atoms with Crippen molar-refractivity contribution in [1.29, 1.82) is 0 Å². The molecule has 2 aliphatic rings. The second-order valence-electron chi connectivity index (χ2n) is 8.07. The third kappa shape index (κ3) is 2.36. The summed E-state index contributed by atoms with van der Waals surface area (Å²) in [6.45, 7) is 2.67. The monoisotopic (exact) mass is 431 g/mol. The number of nitrogens with zero attached hydrogens (tertiary/aromatic N) is 5. The van der Waals surface area contributed by atoms with E-state index in [0.717, 1.165) is 5.52 Å². The van der Waals surface area contributed by atoms with Crippen LogP contribution in [0.15, 0.2) is 59.4 Å². The Morgan fingerprint density at radius 3 is 2.75 bits per heavy atom. The van der Waals surface area contributed by atoms with Crippen molar-refractivity contribution < 1.29 is 18.5 Å². The maximum Gasteiger partial charge on any atom is 0.272 e. The van der Waals surface area contributed by atoms with Gasteiger partial charge in [0.15, 0.2) is 5.66 Å². The van der Waals surface area contributed by atoms with Crippen LogP contribution in [0.25, 0.3) is 11.0 Å². The molecular weight excluding hydrogens is 413 g/mol. The fourth-order valence-corrected chi connectivity index (χ4v) is 4.98. The highest BCUT2D eigenvalue weighted by Crippen LogP contribution is 2.44. The van der Waals surface area contributed by atoms with Crippen molar-refractivity contribution in [3.63, 3.8) is 0 Å². The maximum atomic E-state index is 13.8. The Morgan fingerprint density at radius 1 is 1.19 bits per heavy atom. The Balaban J connectivity index is 1.59. The van der Waals surface area contributed by atoms with Crippen molar-refractivity contribution in [2.75, 3.05) is 13.1 Å². The zero-order chi connectivity index (χ0) is 22.0. The lowest BCUT2D eigenvalue weighted by Gasteiger charge is -2.47. The van der Waals surface area contributed by atoms with Crippen molar-refractivity contribution in [2.24, 2.45) is 0 Å². The summed E-state index contributed by atoms with van der Waals surface area (Å²) in [6, 6.07) is 11.5. The molecule has 0 aliphatic carbocycles. The molecule has 1 saturated heterocycles. The van der Waals surface area contributed by atoms with Crippen LogP contribution < -0.4 is 0 Å².